The number of anilines is 2. The summed E-state index contributed by atoms with van der Waals surface area (Å²) in [5, 5.41) is 5.88. The van der Waals surface area contributed by atoms with Crippen LogP contribution in [0.4, 0.5) is 11.4 Å². The van der Waals surface area contributed by atoms with Gasteiger partial charge >= 0.3 is 0 Å². The minimum Gasteiger partial charge on any atom is -0.497 e. The fraction of sp³-hybridized carbons (Fsp3) is 0.240. The summed E-state index contributed by atoms with van der Waals surface area (Å²) in [6.45, 7) is 2.61. The molecule has 1 N–H and O–H groups in total. The number of hydrogen-bond acceptors (Lipinski definition) is 5. The van der Waals surface area contributed by atoms with Gasteiger partial charge in [0.15, 0.2) is 5.11 Å². The lowest BCUT2D eigenvalue weighted by atomic mass is 10.1. The molecule has 0 bridgehead atoms. The van der Waals surface area contributed by atoms with Gasteiger partial charge in [-0.05, 0) is 91.1 Å². The largest absolute Gasteiger partial charge is 0.497 e. The first-order valence-corrected chi connectivity index (χ1v) is 12.4. The number of nitrogens with zero attached hydrogens (tertiary/aromatic N) is 2. The third kappa shape index (κ3) is 5.24. The molecule has 6 nitrogen and oxygen atoms in total. The van der Waals surface area contributed by atoms with Crippen molar-refractivity contribution in [3.63, 3.8) is 0 Å². The highest BCUT2D eigenvalue weighted by Crippen LogP contribution is 2.29. The molecule has 3 aromatic rings. The Kier molecular flexibility index (Phi) is 7.50. The average Bonchev–Trinajstić information content (AvgIpc) is 3.34. The number of carbonyl (C=O) groups excluding carboxylic acids is 2. The smallest absolute Gasteiger partial charge is 0.256 e. The van der Waals surface area contributed by atoms with E-state index in [1.165, 1.54) is 15.3 Å². The van der Waals surface area contributed by atoms with E-state index in [9.17, 15) is 9.59 Å². The van der Waals surface area contributed by atoms with Gasteiger partial charge in [-0.25, -0.2) is 0 Å². The molecular weight excluding hydrogens is 490 g/mol. The van der Waals surface area contributed by atoms with Crippen LogP contribution < -0.4 is 15.0 Å². The van der Waals surface area contributed by atoms with Crippen molar-refractivity contribution in [1.29, 1.82) is 0 Å². The van der Waals surface area contributed by atoms with Crippen LogP contribution in [0.15, 0.2) is 60.0 Å². The summed E-state index contributed by atoms with van der Waals surface area (Å²) in [5.41, 5.74) is 2.48. The van der Waals surface area contributed by atoms with Crippen LogP contribution in [-0.4, -0.2) is 41.5 Å². The van der Waals surface area contributed by atoms with Crippen molar-refractivity contribution < 1.29 is 14.3 Å². The molecule has 2 heterocycles. The van der Waals surface area contributed by atoms with Gasteiger partial charge in [-0.2, -0.15) is 0 Å². The number of thiocarbonyl (C=S) groups is 1. The number of rotatable bonds is 8. The summed E-state index contributed by atoms with van der Waals surface area (Å²) in [6.07, 6.45) is 0.723. The van der Waals surface area contributed by atoms with Crippen LogP contribution in [-0.2, 0) is 16.0 Å². The molecule has 0 radical (unpaired) electrons. The highest BCUT2D eigenvalue weighted by Gasteiger charge is 2.44. The number of aryl methyl sites for hydroxylation is 1. The summed E-state index contributed by atoms with van der Waals surface area (Å²) in [7, 11) is 1.59. The molecule has 1 atom stereocenters. The summed E-state index contributed by atoms with van der Waals surface area (Å²) in [6, 6.07) is 15.4. The van der Waals surface area contributed by atoms with Crippen LogP contribution in [0, 0.1) is 6.92 Å². The summed E-state index contributed by atoms with van der Waals surface area (Å²) in [4.78, 5) is 31.0. The molecule has 1 fully saturated rings. The molecule has 1 saturated heterocycles. The molecule has 0 spiro atoms. The van der Waals surface area contributed by atoms with Crippen molar-refractivity contribution >= 4 is 63.5 Å². The number of benzene rings is 2. The summed E-state index contributed by atoms with van der Waals surface area (Å²) < 4.78 is 5.23. The quantitative estimate of drug-likeness (QED) is 0.414. The number of nitrogens with one attached hydrogen (secondary N) is 1. The molecule has 2 aromatic carbocycles. The van der Waals surface area contributed by atoms with Crippen LogP contribution in [0.25, 0.3) is 0 Å². The zero-order valence-corrected chi connectivity index (χ0v) is 21.2. The molecule has 1 aliphatic rings. The van der Waals surface area contributed by atoms with Gasteiger partial charge in [-0.3, -0.25) is 14.5 Å². The first-order valence-electron chi connectivity index (χ1n) is 10.7. The monoisotopic (exact) mass is 513 g/mol. The number of amides is 2. The van der Waals surface area contributed by atoms with Crippen LogP contribution >= 0.6 is 35.2 Å². The lowest BCUT2D eigenvalue weighted by Crippen LogP contribution is -2.39. The van der Waals surface area contributed by atoms with E-state index in [-0.39, 0.29) is 18.2 Å². The SMILES string of the molecule is COc1ccc(N2C(=O)C(CC(=O)Nc3ccc(Cl)cc3)N(CCc3sccc3C)C2=S)cc1. The maximum Gasteiger partial charge on any atom is 0.256 e. The Morgan fingerprint density at radius 2 is 1.85 bits per heavy atom. The van der Waals surface area contributed by atoms with Gasteiger partial charge in [-0.15, -0.1) is 11.3 Å². The molecule has 34 heavy (non-hydrogen) atoms. The maximum absolute atomic E-state index is 13.5. The van der Waals surface area contributed by atoms with E-state index in [1.807, 2.05) is 4.90 Å². The highest BCUT2D eigenvalue weighted by molar-refractivity contribution is 7.80. The van der Waals surface area contributed by atoms with Crippen molar-refractivity contribution in [1.82, 2.24) is 4.90 Å². The zero-order chi connectivity index (χ0) is 24.2. The third-order valence-corrected chi connectivity index (χ3v) is 7.46. The van der Waals surface area contributed by atoms with E-state index in [1.54, 1.807) is 67.0 Å². The van der Waals surface area contributed by atoms with Gasteiger partial charge in [0.05, 0.1) is 19.2 Å². The van der Waals surface area contributed by atoms with Gasteiger partial charge in [0, 0.05) is 22.1 Å². The fourth-order valence-electron chi connectivity index (χ4n) is 3.86. The minimum absolute atomic E-state index is 0.0162. The predicted octanol–water partition coefficient (Wildman–Crippen LogP) is 5.29. The summed E-state index contributed by atoms with van der Waals surface area (Å²) >= 11 is 13.4. The van der Waals surface area contributed by atoms with E-state index < -0.39 is 6.04 Å². The van der Waals surface area contributed by atoms with E-state index in [0.717, 1.165) is 6.42 Å². The van der Waals surface area contributed by atoms with E-state index in [4.69, 9.17) is 28.6 Å². The molecule has 4 rings (SSSR count). The van der Waals surface area contributed by atoms with Crippen LogP contribution in [0.1, 0.15) is 16.9 Å². The van der Waals surface area contributed by atoms with Gasteiger partial charge in [0.25, 0.3) is 5.91 Å². The Morgan fingerprint density at radius 1 is 1.15 bits per heavy atom. The highest BCUT2D eigenvalue weighted by atomic mass is 35.5. The molecule has 1 aromatic heterocycles. The molecule has 176 valence electrons. The molecule has 1 aliphatic heterocycles. The number of halogens is 1. The van der Waals surface area contributed by atoms with Gasteiger partial charge < -0.3 is 15.0 Å². The van der Waals surface area contributed by atoms with Gasteiger partial charge in [0.1, 0.15) is 11.8 Å². The second-order valence-electron chi connectivity index (χ2n) is 7.90. The maximum atomic E-state index is 13.5. The Balaban J connectivity index is 1.56. The number of hydrogen-bond donors (Lipinski definition) is 1. The van der Waals surface area contributed by atoms with Gasteiger partial charge in [0.2, 0.25) is 5.91 Å². The molecular formula is C25H24ClN3O3S2. The number of ether oxygens (including phenoxy) is 1. The minimum atomic E-state index is -0.692. The van der Waals surface area contributed by atoms with E-state index >= 15 is 0 Å². The van der Waals surface area contributed by atoms with Crippen molar-refractivity contribution in [3.8, 4) is 5.75 Å². The Bertz CT molecular complexity index is 1190. The summed E-state index contributed by atoms with van der Waals surface area (Å²) in [5.74, 6) is 0.201. The van der Waals surface area contributed by atoms with Crippen molar-refractivity contribution in [3.05, 3.63) is 75.4 Å². The average molecular weight is 514 g/mol. The molecule has 2 amide bonds. The molecule has 9 heteroatoms. The number of thiophene rings is 1. The first-order chi connectivity index (χ1) is 16.4. The number of carbonyl (C=O) groups is 2. The second-order valence-corrected chi connectivity index (χ2v) is 9.70. The molecule has 0 saturated carbocycles. The Hall–Kier alpha value is -2.94. The first kappa shape index (κ1) is 24.2. The van der Waals surface area contributed by atoms with Crippen LogP contribution in [0.2, 0.25) is 5.02 Å². The molecule has 0 aliphatic carbocycles. The van der Waals surface area contributed by atoms with Crippen molar-refractivity contribution in [2.45, 2.75) is 25.8 Å². The normalized spacial score (nSPS) is 15.7. The predicted molar refractivity (Wildman–Crippen MR) is 141 cm³/mol. The van der Waals surface area contributed by atoms with Crippen LogP contribution in [0.3, 0.4) is 0 Å². The lowest BCUT2D eigenvalue weighted by molar-refractivity contribution is -0.124. The second kappa shape index (κ2) is 10.5. The van der Waals surface area contributed by atoms with Crippen molar-refractivity contribution in [2.24, 2.45) is 0 Å². The third-order valence-electron chi connectivity index (χ3n) is 5.70. The fourth-order valence-corrected chi connectivity index (χ4v) is 5.30. The Morgan fingerprint density at radius 3 is 2.47 bits per heavy atom. The van der Waals surface area contributed by atoms with Crippen LogP contribution in [0.5, 0.6) is 5.75 Å². The van der Waals surface area contributed by atoms with Crippen molar-refractivity contribution in [2.75, 3.05) is 23.9 Å². The standard InChI is InChI=1S/C25H24ClN3O3S2/c1-16-12-14-34-22(16)11-13-28-21(15-23(30)27-18-5-3-17(26)4-6-18)24(31)29(25(28)33)19-7-9-20(32-2)10-8-19/h3-10,12,14,21H,11,13,15H2,1-2H3,(H,27,30). The molecule has 1 unspecified atom stereocenters. The van der Waals surface area contributed by atoms with E-state index in [0.29, 0.717) is 33.8 Å². The van der Waals surface area contributed by atoms with Gasteiger partial charge in [-0.1, -0.05) is 11.6 Å². The topological polar surface area (TPSA) is 61.9 Å². The Labute approximate surface area is 213 Å². The number of methoxy groups -OCH3 is 1. The van der Waals surface area contributed by atoms with E-state index in [2.05, 4.69) is 23.7 Å². The zero-order valence-electron chi connectivity index (χ0n) is 18.8. The lowest BCUT2D eigenvalue weighted by Gasteiger charge is -2.24.